The summed E-state index contributed by atoms with van der Waals surface area (Å²) in [4.78, 5) is 12.6. The normalized spacial score (nSPS) is 32.8. The Morgan fingerprint density at radius 1 is 1.04 bits per heavy atom. The highest BCUT2D eigenvalue weighted by Crippen LogP contribution is 2.56. The minimum absolute atomic E-state index is 0.00724. The highest BCUT2D eigenvalue weighted by atomic mass is 35.5. The Morgan fingerprint density at radius 3 is 2.41 bits per heavy atom. The van der Waals surface area contributed by atoms with Crippen LogP contribution in [0.15, 0.2) is 42.5 Å². The van der Waals surface area contributed by atoms with Crippen LogP contribution in [-0.4, -0.2) is 17.1 Å². The summed E-state index contributed by atoms with van der Waals surface area (Å²) in [5, 5.41) is 14.2. The number of halogens is 2. The Hall–Kier alpha value is -1.71. The highest BCUT2D eigenvalue weighted by molar-refractivity contribution is 6.31. The number of carbonyl (C=O) groups is 1. The molecule has 0 spiro atoms. The molecule has 2 fully saturated rings. The zero-order chi connectivity index (χ0) is 19.3. The molecule has 0 bridgehead atoms. The second-order valence-electron chi connectivity index (χ2n) is 8.00. The van der Waals surface area contributed by atoms with Gasteiger partial charge in [-0.25, -0.2) is 0 Å². The van der Waals surface area contributed by atoms with E-state index in [1.807, 2.05) is 18.2 Å². The van der Waals surface area contributed by atoms with E-state index in [2.05, 4.69) is 31.3 Å². The van der Waals surface area contributed by atoms with E-state index in [0.29, 0.717) is 10.0 Å². The zero-order valence-electron chi connectivity index (χ0n) is 15.3. The highest BCUT2D eigenvalue weighted by Gasteiger charge is 2.53. The van der Waals surface area contributed by atoms with Gasteiger partial charge in [-0.1, -0.05) is 48.3 Å². The van der Waals surface area contributed by atoms with Gasteiger partial charge in [-0.05, 0) is 72.4 Å². The minimum atomic E-state index is 0.00724. The summed E-state index contributed by atoms with van der Waals surface area (Å²) in [6, 6.07) is 13.3. The summed E-state index contributed by atoms with van der Waals surface area (Å²) in [5.74, 6) is 1.11. The zero-order valence-corrected chi connectivity index (χ0v) is 16.8. The van der Waals surface area contributed by atoms with Crippen molar-refractivity contribution in [1.29, 1.82) is 0 Å². The summed E-state index contributed by atoms with van der Waals surface area (Å²) in [6.07, 6.45) is 0.874. The third-order valence-electron chi connectivity index (χ3n) is 6.39. The van der Waals surface area contributed by atoms with Gasteiger partial charge in [-0.15, -0.1) is 0 Å². The number of carbonyl (C=O) groups excluding carboxylic acids is 1. The third-order valence-corrected chi connectivity index (χ3v) is 6.97. The molecule has 0 aromatic heterocycles. The topological polar surface area (TPSA) is 49.3 Å². The van der Waals surface area contributed by atoms with Gasteiger partial charge in [-0.2, -0.15) is 0 Å². The van der Waals surface area contributed by atoms with Gasteiger partial charge in [0.1, 0.15) is 5.75 Å². The number of rotatable bonds is 2. The lowest BCUT2D eigenvalue weighted by Gasteiger charge is -2.44. The summed E-state index contributed by atoms with van der Waals surface area (Å²) >= 11 is 12.7. The molecule has 1 aliphatic heterocycles. The van der Waals surface area contributed by atoms with Gasteiger partial charge in [0.2, 0.25) is 5.91 Å². The number of aromatic hydroxyl groups is 1. The Bertz CT molecular complexity index is 867. The molecular formula is C22H23Cl2NO2. The van der Waals surface area contributed by atoms with E-state index in [1.54, 1.807) is 12.1 Å². The van der Waals surface area contributed by atoms with Crippen LogP contribution >= 0.6 is 23.2 Å². The van der Waals surface area contributed by atoms with Crippen LogP contribution in [0.3, 0.4) is 0 Å². The fraction of sp³-hybridized carbons (Fsp3) is 0.409. The molecule has 4 rings (SSSR count). The summed E-state index contributed by atoms with van der Waals surface area (Å²) in [7, 11) is 0. The SMILES string of the molecule is C[C@@H]1C[C@@H](c2ccc(O)cc2Cl)[C@H](c2ccc(Cl)cc2)[C@H]2[C@@H]1C(=O)N[C@@H]2C. The van der Waals surface area contributed by atoms with Crippen LogP contribution in [-0.2, 0) is 4.79 Å². The number of amides is 1. The maximum absolute atomic E-state index is 12.6. The summed E-state index contributed by atoms with van der Waals surface area (Å²) in [5.41, 5.74) is 2.21. The third kappa shape index (κ3) is 3.21. The van der Waals surface area contributed by atoms with E-state index in [1.165, 1.54) is 5.56 Å². The van der Waals surface area contributed by atoms with Crippen molar-refractivity contribution in [2.45, 2.75) is 38.1 Å². The largest absolute Gasteiger partial charge is 0.508 e. The number of fused-ring (bicyclic) bond motifs is 1. The fourth-order valence-electron chi connectivity index (χ4n) is 5.31. The van der Waals surface area contributed by atoms with Crippen LogP contribution in [0.5, 0.6) is 5.75 Å². The van der Waals surface area contributed by atoms with Gasteiger partial charge in [0, 0.05) is 22.0 Å². The minimum Gasteiger partial charge on any atom is -0.508 e. The van der Waals surface area contributed by atoms with Crippen molar-refractivity contribution in [3.8, 4) is 5.75 Å². The van der Waals surface area contributed by atoms with Crippen molar-refractivity contribution in [1.82, 2.24) is 5.32 Å². The Morgan fingerprint density at radius 2 is 1.74 bits per heavy atom. The average molecular weight is 404 g/mol. The van der Waals surface area contributed by atoms with E-state index in [-0.39, 0.29) is 47.3 Å². The first kappa shape index (κ1) is 18.6. The maximum atomic E-state index is 12.6. The molecule has 142 valence electrons. The Kier molecular flexibility index (Phi) is 4.85. The molecule has 1 saturated carbocycles. The maximum Gasteiger partial charge on any atom is 0.223 e. The van der Waals surface area contributed by atoms with E-state index < -0.39 is 0 Å². The van der Waals surface area contributed by atoms with Crippen molar-refractivity contribution in [2.75, 3.05) is 0 Å². The van der Waals surface area contributed by atoms with E-state index in [9.17, 15) is 9.90 Å². The van der Waals surface area contributed by atoms with Crippen LogP contribution in [0.1, 0.15) is 43.2 Å². The molecule has 2 aromatic rings. The molecule has 6 atom stereocenters. The molecule has 5 heteroatoms. The van der Waals surface area contributed by atoms with E-state index >= 15 is 0 Å². The predicted molar refractivity (Wildman–Crippen MR) is 108 cm³/mol. The van der Waals surface area contributed by atoms with Gasteiger partial charge in [0.15, 0.2) is 0 Å². The number of nitrogens with one attached hydrogen (secondary N) is 1. The molecule has 1 amide bonds. The van der Waals surface area contributed by atoms with Crippen molar-refractivity contribution >= 4 is 29.1 Å². The number of hydrogen-bond donors (Lipinski definition) is 2. The van der Waals surface area contributed by atoms with Crippen LogP contribution in [0.2, 0.25) is 10.0 Å². The number of benzene rings is 2. The van der Waals surface area contributed by atoms with E-state index in [0.717, 1.165) is 12.0 Å². The Labute approximate surface area is 169 Å². The van der Waals surface area contributed by atoms with Crippen LogP contribution < -0.4 is 5.32 Å². The molecule has 1 heterocycles. The molecule has 2 aromatic carbocycles. The summed E-state index contributed by atoms with van der Waals surface area (Å²) in [6.45, 7) is 4.26. The van der Waals surface area contributed by atoms with Crippen LogP contribution in [0.25, 0.3) is 0 Å². The summed E-state index contributed by atoms with van der Waals surface area (Å²) < 4.78 is 0. The molecule has 1 saturated heterocycles. The lowest BCUT2D eigenvalue weighted by atomic mass is 9.58. The molecule has 3 nitrogen and oxygen atoms in total. The first-order valence-electron chi connectivity index (χ1n) is 9.41. The quantitative estimate of drug-likeness (QED) is 0.708. The van der Waals surface area contributed by atoms with Crippen molar-refractivity contribution in [2.24, 2.45) is 17.8 Å². The first-order valence-corrected chi connectivity index (χ1v) is 10.2. The van der Waals surface area contributed by atoms with E-state index in [4.69, 9.17) is 23.2 Å². The number of phenols is 1. The lowest BCUT2D eigenvalue weighted by molar-refractivity contribution is -0.125. The fourth-order valence-corrected chi connectivity index (χ4v) is 5.75. The Balaban J connectivity index is 1.85. The standard InChI is InChI=1S/C22H23Cl2NO2/c1-11-9-17(16-8-7-15(26)10-18(16)24)21(13-3-5-14(23)6-4-13)20-12(2)25-22(27)19(11)20/h3-8,10-12,17,19-21,26H,9H2,1-2H3,(H,25,27)/t11-,12-,17+,19-,20-,21+/m1/s1. The second kappa shape index (κ2) is 7.03. The van der Waals surface area contributed by atoms with Gasteiger partial charge < -0.3 is 10.4 Å². The molecule has 0 radical (unpaired) electrons. The molecule has 27 heavy (non-hydrogen) atoms. The molecule has 2 N–H and O–H groups in total. The first-order chi connectivity index (χ1) is 12.9. The number of phenolic OH excluding ortho intramolecular Hbond substituents is 1. The average Bonchev–Trinajstić information content (AvgIpc) is 2.91. The van der Waals surface area contributed by atoms with Gasteiger partial charge in [-0.3, -0.25) is 4.79 Å². The van der Waals surface area contributed by atoms with Crippen LogP contribution in [0.4, 0.5) is 0 Å². The van der Waals surface area contributed by atoms with Crippen molar-refractivity contribution < 1.29 is 9.90 Å². The molecule has 1 aliphatic carbocycles. The van der Waals surface area contributed by atoms with Gasteiger partial charge in [0.05, 0.1) is 0 Å². The van der Waals surface area contributed by atoms with Gasteiger partial charge in [0.25, 0.3) is 0 Å². The van der Waals surface area contributed by atoms with Gasteiger partial charge >= 0.3 is 0 Å². The molecule has 2 aliphatic rings. The predicted octanol–water partition coefficient (Wildman–Crippen LogP) is 5.36. The number of hydrogen-bond acceptors (Lipinski definition) is 2. The van der Waals surface area contributed by atoms with Crippen molar-refractivity contribution in [3.63, 3.8) is 0 Å². The lowest BCUT2D eigenvalue weighted by Crippen LogP contribution is -2.39. The van der Waals surface area contributed by atoms with Crippen molar-refractivity contribution in [3.05, 3.63) is 63.6 Å². The molecule has 0 unspecified atom stereocenters. The monoisotopic (exact) mass is 403 g/mol. The van der Waals surface area contributed by atoms with Crippen LogP contribution in [0, 0.1) is 17.8 Å². The second-order valence-corrected chi connectivity index (χ2v) is 8.85. The molecular weight excluding hydrogens is 381 g/mol. The smallest absolute Gasteiger partial charge is 0.223 e.